The van der Waals surface area contributed by atoms with Gasteiger partial charge in [0.2, 0.25) is 0 Å². The number of benzene rings is 3. The van der Waals surface area contributed by atoms with Gasteiger partial charge >= 0.3 is 0 Å². The molecule has 146 valence electrons. The lowest BCUT2D eigenvalue weighted by molar-refractivity contribution is 0.0689. The number of phenols is 4. The van der Waals surface area contributed by atoms with Gasteiger partial charge in [-0.1, -0.05) is 12.1 Å². The van der Waals surface area contributed by atoms with E-state index in [1.54, 1.807) is 24.3 Å². The molecule has 0 bridgehead atoms. The first-order chi connectivity index (χ1) is 13.9. The zero-order valence-corrected chi connectivity index (χ0v) is 15.0. The van der Waals surface area contributed by atoms with Crippen molar-refractivity contribution in [2.45, 2.75) is 6.17 Å². The van der Waals surface area contributed by atoms with Crippen LogP contribution in [0.25, 0.3) is 0 Å². The van der Waals surface area contributed by atoms with E-state index < -0.39 is 12.1 Å². The fraction of sp³-hybridized carbons (Fsp3) is 0.0476. The van der Waals surface area contributed by atoms with Gasteiger partial charge in [-0.2, -0.15) is 5.10 Å². The SMILES string of the molecule is O=C1c2ccccc2NC(c2ccc(O)cc2O)N1N=Cc1ccc(O)cc1O. The summed E-state index contributed by atoms with van der Waals surface area (Å²) in [5, 5.41) is 47.8. The van der Waals surface area contributed by atoms with Crippen LogP contribution in [0, 0.1) is 0 Å². The Balaban J connectivity index is 1.78. The number of fused-ring (bicyclic) bond motifs is 1. The molecular formula is C21H17N3O5. The molecule has 1 aliphatic heterocycles. The van der Waals surface area contributed by atoms with Crippen LogP contribution in [0.2, 0.25) is 0 Å². The minimum absolute atomic E-state index is 0.101. The molecule has 0 fully saturated rings. The van der Waals surface area contributed by atoms with Crippen LogP contribution in [-0.4, -0.2) is 37.6 Å². The molecule has 8 heteroatoms. The number of aromatic hydroxyl groups is 4. The molecule has 1 unspecified atom stereocenters. The predicted molar refractivity (Wildman–Crippen MR) is 106 cm³/mol. The van der Waals surface area contributed by atoms with Crippen molar-refractivity contribution >= 4 is 17.8 Å². The number of hydrazone groups is 1. The molecule has 0 radical (unpaired) electrons. The van der Waals surface area contributed by atoms with Gasteiger partial charge < -0.3 is 25.7 Å². The molecule has 0 saturated carbocycles. The molecule has 1 amide bonds. The molecule has 0 spiro atoms. The molecule has 0 aliphatic carbocycles. The van der Waals surface area contributed by atoms with Crippen molar-refractivity contribution in [3.8, 4) is 23.0 Å². The molecule has 5 N–H and O–H groups in total. The lowest BCUT2D eigenvalue weighted by atomic mass is 10.0. The molecule has 3 aromatic rings. The highest BCUT2D eigenvalue weighted by Gasteiger charge is 2.34. The number of hydrogen-bond donors (Lipinski definition) is 5. The summed E-state index contributed by atoms with van der Waals surface area (Å²) in [6.45, 7) is 0. The number of rotatable bonds is 3. The first-order valence-corrected chi connectivity index (χ1v) is 8.71. The molecule has 29 heavy (non-hydrogen) atoms. The predicted octanol–water partition coefficient (Wildman–Crippen LogP) is 3.11. The van der Waals surface area contributed by atoms with Crippen LogP contribution in [0.1, 0.15) is 27.7 Å². The molecule has 8 nitrogen and oxygen atoms in total. The fourth-order valence-electron chi connectivity index (χ4n) is 3.10. The molecule has 3 aromatic carbocycles. The topological polar surface area (TPSA) is 126 Å². The van der Waals surface area contributed by atoms with E-state index in [4.69, 9.17) is 0 Å². The van der Waals surface area contributed by atoms with E-state index in [2.05, 4.69) is 10.4 Å². The Morgan fingerprint density at radius 2 is 1.59 bits per heavy atom. The molecule has 1 aliphatic rings. The summed E-state index contributed by atoms with van der Waals surface area (Å²) < 4.78 is 0. The third-order valence-corrected chi connectivity index (χ3v) is 4.55. The summed E-state index contributed by atoms with van der Waals surface area (Å²) in [5.74, 6) is -1.03. The van der Waals surface area contributed by atoms with Gasteiger partial charge in [-0.25, -0.2) is 5.01 Å². The first kappa shape index (κ1) is 18.2. The summed E-state index contributed by atoms with van der Waals surface area (Å²) in [6, 6.07) is 15.0. The lowest BCUT2D eigenvalue weighted by Gasteiger charge is -2.34. The summed E-state index contributed by atoms with van der Waals surface area (Å²) >= 11 is 0. The van der Waals surface area contributed by atoms with E-state index in [-0.39, 0.29) is 23.0 Å². The number of carbonyl (C=O) groups excluding carboxylic acids is 1. The van der Waals surface area contributed by atoms with E-state index in [0.29, 0.717) is 22.4 Å². The number of nitrogens with zero attached hydrogens (tertiary/aromatic N) is 2. The molecule has 1 atom stereocenters. The number of para-hydroxylation sites is 1. The second-order valence-corrected chi connectivity index (χ2v) is 6.47. The average Bonchev–Trinajstić information content (AvgIpc) is 2.68. The minimum Gasteiger partial charge on any atom is -0.508 e. The van der Waals surface area contributed by atoms with Crippen LogP contribution in [0.4, 0.5) is 5.69 Å². The highest BCUT2D eigenvalue weighted by Crippen LogP contribution is 2.37. The third-order valence-electron chi connectivity index (χ3n) is 4.55. The zero-order chi connectivity index (χ0) is 20.5. The average molecular weight is 391 g/mol. The van der Waals surface area contributed by atoms with Crippen molar-refractivity contribution in [3.05, 3.63) is 77.4 Å². The van der Waals surface area contributed by atoms with Gasteiger partial charge in [-0.15, -0.1) is 0 Å². The van der Waals surface area contributed by atoms with Gasteiger partial charge in [-0.3, -0.25) is 4.79 Å². The normalized spacial score (nSPS) is 15.9. The zero-order valence-electron chi connectivity index (χ0n) is 15.0. The first-order valence-electron chi connectivity index (χ1n) is 8.71. The second kappa shape index (κ2) is 7.08. The Morgan fingerprint density at radius 3 is 2.31 bits per heavy atom. The molecule has 0 saturated heterocycles. The largest absolute Gasteiger partial charge is 0.508 e. The highest BCUT2D eigenvalue weighted by atomic mass is 16.3. The van der Waals surface area contributed by atoms with Gasteiger partial charge in [0, 0.05) is 28.9 Å². The van der Waals surface area contributed by atoms with Crippen LogP contribution in [-0.2, 0) is 0 Å². The number of amides is 1. The summed E-state index contributed by atoms with van der Waals surface area (Å²) in [7, 11) is 0. The summed E-state index contributed by atoms with van der Waals surface area (Å²) in [6.07, 6.45) is 0.431. The van der Waals surface area contributed by atoms with Crippen molar-refractivity contribution in [1.82, 2.24) is 5.01 Å². The van der Waals surface area contributed by atoms with Gasteiger partial charge in [0.25, 0.3) is 5.91 Å². The van der Waals surface area contributed by atoms with Crippen LogP contribution in [0.3, 0.4) is 0 Å². The van der Waals surface area contributed by atoms with Crippen molar-refractivity contribution in [2.75, 3.05) is 5.32 Å². The smallest absolute Gasteiger partial charge is 0.278 e. The quantitative estimate of drug-likeness (QED) is 0.437. The number of hydrogen-bond acceptors (Lipinski definition) is 7. The standard InChI is InChI=1S/C21H17N3O5/c25-13-6-5-12(18(27)9-13)11-22-24-20(16-8-7-14(26)10-19(16)28)23-17-4-2-1-3-15(17)21(24)29/h1-11,20,23,25-28H. The van der Waals surface area contributed by atoms with Crippen LogP contribution in [0.5, 0.6) is 23.0 Å². The van der Waals surface area contributed by atoms with E-state index in [9.17, 15) is 25.2 Å². The third kappa shape index (κ3) is 3.39. The van der Waals surface area contributed by atoms with E-state index >= 15 is 0 Å². The van der Waals surface area contributed by atoms with Crippen molar-refractivity contribution in [1.29, 1.82) is 0 Å². The maximum Gasteiger partial charge on any atom is 0.278 e. The molecule has 1 heterocycles. The van der Waals surface area contributed by atoms with E-state index in [0.717, 1.165) is 11.1 Å². The van der Waals surface area contributed by atoms with E-state index in [1.165, 1.54) is 36.5 Å². The summed E-state index contributed by atoms with van der Waals surface area (Å²) in [4.78, 5) is 13.1. The van der Waals surface area contributed by atoms with Gasteiger partial charge in [0.15, 0.2) is 6.17 Å². The number of carbonyl (C=O) groups is 1. The van der Waals surface area contributed by atoms with Crippen LogP contribution >= 0.6 is 0 Å². The Morgan fingerprint density at radius 1 is 0.897 bits per heavy atom. The Labute approximate surface area is 165 Å². The van der Waals surface area contributed by atoms with Crippen molar-refractivity contribution in [3.63, 3.8) is 0 Å². The van der Waals surface area contributed by atoms with Gasteiger partial charge in [0.05, 0.1) is 11.8 Å². The summed E-state index contributed by atoms with van der Waals surface area (Å²) in [5.41, 5.74) is 1.60. The Hall–Kier alpha value is -4.20. The van der Waals surface area contributed by atoms with Crippen molar-refractivity contribution in [2.24, 2.45) is 5.10 Å². The minimum atomic E-state index is -0.853. The second-order valence-electron chi connectivity index (χ2n) is 6.47. The lowest BCUT2D eigenvalue weighted by Crippen LogP contribution is -2.39. The van der Waals surface area contributed by atoms with Crippen molar-refractivity contribution < 1.29 is 25.2 Å². The van der Waals surface area contributed by atoms with E-state index in [1.807, 2.05) is 0 Å². The van der Waals surface area contributed by atoms with Crippen LogP contribution < -0.4 is 5.32 Å². The molecular weight excluding hydrogens is 374 g/mol. The maximum absolute atomic E-state index is 13.1. The number of phenolic OH excluding ortho intramolecular Hbond substituents is 4. The number of anilines is 1. The fourth-order valence-corrected chi connectivity index (χ4v) is 3.10. The van der Waals surface area contributed by atoms with Gasteiger partial charge in [-0.05, 0) is 36.4 Å². The van der Waals surface area contributed by atoms with Crippen LogP contribution in [0.15, 0.2) is 65.8 Å². The maximum atomic E-state index is 13.1. The monoisotopic (exact) mass is 391 g/mol. The van der Waals surface area contributed by atoms with Gasteiger partial charge in [0.1, 0.15) is 23.0 Å². The Kier molecular flexibility index (Phi) is 4.44. The number of nitrogens with one attached hydrogen (secondary N) is 1. The molecule has 4 rings (SSSR count). The Bertz CT molecular complexity index is 1130. The molecule has 0 aromatic heterocycles. The highest BCUT2D eigenvalue weighted by molar-refractivity contribution is 6.02.